The molecule has 0 aliphatic carbocycles. The number of fused-ring (bicyclic) bond motifs is 3. The van der Waals surface area contributed by atoms with E-state index in [4.69, 9.17) is 9.72 Å². The Morgan fingerprint density at radius 2 is 1.72 bits per heavy atom. The van der Waals surface area contributed by atoms with E-state index in [0.717, 1.165) is 55.6 Å². The molecule has 3 aliphatic heterocycles. The molecule has 6 rings (SSSR count). The highest BCUT2D eigenvalue weighted by atomic mass is 19.1. The van der Waals surface area contributed by atoms with Gasteiger partial charge in [0.25, 0.3) is 0 Å². The largest absolute Gasteiger partial charge is 0.465 e. The molecule has 230 valence electrons. The van der Waals surface area contributed by atoms with Crippen LogP contribution < -0.4 is 0 Å². The highest BCUT2D eigenvalue weighted by Gasteiger charge is 2.46. The van der Waals surface area contributed by atoms with Crippen molar-refractivity contribution in [3.8, 4) is 0 Å². The number of amides is 1. The molecule has 3 saturated heterocycles. The Morgan fingerprint density at radius 1 is 1.02 bits per heavy atom. The first-order valence-corrected chi connectivity index (χ1v) is 16.0. The third kappa shape index (κ3) is 5.47. The van der Waals surface area contributed by atoms with Gasteiger partial charge in [0, 0.05) is 31.2 Å². The zero-order valence-electron chi connectivity index (χ0n) is 26.0. The molecule has 3 aromatic rings. The number of aromatic nitrogens is 2. The molecule has 4 heterocycles. The van der Waals surface area contributed by atoms with Gasteiger partial charge < -0.3 is 14.2 Å². The number of esters is 1. The molecule has 43 heavy (non-hydrogen) atoms. The number of likely N-dealkylation sites (tertiary alicyclic amines) is 1. The summed E-state index contributed by atoms with van der Waals surface area (Å²) in [6, 6.07) is 17.0. The molecule has 0 N–H and O–H groups in total. The number of hydrogen-bond acceptors (Lipinski definition) is 5. The molecule has 2 aromatic carbocycles. The molecule has 0 saturated carbocycles. The zero-order chi connectivity index (χ0) is 30.4. The Kier molecular flexibility index (Phi) is 8.09. The number of hydrogen-bond donors (Lipinski definition) is 0. The van der Waals surface area contributed by atoms with Crippen molar-refractivity contribution in [1.82, 2.24) is 19.4 Å². The van der Waals surface area contributed by atoms with E-state index < -0.39 is 11.4 Å². The molecule has 3 aliphatic rings. The number of carbonyl (C=O) groups excluding carboxylic acids is 2. The summed E-state index contributed by atoms with van der Waals surface area (Å²) in [6.07, 6.45) is 7.08. The van der Waals surface area contributed by atoms with E-state index >= 15 is 0 Å². The Balaban J connectivity index is 1.17. The minimum atomic E-state index is -1.22. The maximum Gasteiger partial charge on any atom is 0.321 e. The van der Waals surface area contributed by atoms with E-state index in [1.165, 1.54) is 24.4 Å². The second kappa shape index (κ2) is 11.7. The van der Waals surface area contributed by atoms with Gasteiger partial charge in [0.15, 0.2) is 0 Å². The topological polar surface area (TPSA) is 67.7 Å². The maximum absolute atomic E-state index is 14.5. The highest BCUT2D eigenvalue weighted by molar-refractivity contribution is 6.01. The van der Waals surface area contributed by atoms with Gasteiger partial charge in [-0.05, 0) is 114 Å². The summed E-state index contributed by atoms with van der Waals surface area (Å²) in [5.41, 5.74) is 1.88. The summed E-state index contributed by atoms with van der Waals surface area (Å²) >= 11 is 0. The van der Waals surface area contributed by atoms with Gasteiger partial charge in [0.2, 0.25) is 5.91 Å². The Hall–Kier alpha value is -3.26. The fraction of sp³-hybridized carbons (Fsp3) is 0.571. The van der Waals surface area contributed by atoms with Crippen LogP contribution in [0, 0.1) is 18.2 Å². The summed E-state index contributed by atoms with van der Waals surface area (Å²) in [7, 11) is 0. The number of piperidine rings is 2. The van der Waals surface area contributed by atoms with Crippen molar-refractivity contribution in [3.63, 3.8) is 0 Å². The van der Waals surface area contributed by atoms with Gasteiger partial charge in [-0.15, -0.1) is 0 Å². The second-order valence-electron chi connectivity index (χ2n) is 13.4. The van der Waals surface area contributed by atoms with Crippen molar-refractivity contribution in [3.05, 3.63) is 65.7 Å². The van der Waals surface area contributed by atoms with Crippen LogP contribution >= 0.6 is 0 Å². The molecule has 8 heteroatoms. The molecule has 0 spiro atoms. The summed E-state index contributed by atoms with van der Waals surface area (Å²) in [5.74, 6) is 0.195. The van der Waals surface area contributed by atoms with Crippen LogP contribution in [0.5, 0.6) is 0 Å². The van der Waals surface area contributed by atoms with Crippen molar-refractivity contribution in [2.45, 2.75) is 96.2 Å². The Labute approximate surface area is 254 Å². The number of rotatable bonds is 8. The monoisotopic (exact) mass is 588 g/mol. The number of aryl methyl sites for hydroxylation is 1. The van der Waals surface area contributed by atoms with Gasteiger partial charge in [-0.25, -0.2) is 9.37 Å². The van der Waals surface area contributed by atoms with Gasteiger partial charge >= 0.3 is 5.97 Å². The normalized spacial score (nSPS) is 23.9. The van der Waals surface area contributed by atoms with Crippen molar-refractivity contribution in [2.24, 2.45) is 5.41 Å². The SMILES string of the molecule is CCOC(=O)C(C)(C)C(=O)N1CCC(CCN2C3CCC2CC(n2c(C)nc4ccccc42)C3)(c2cccc(F)c2)CC1. The lowest BCUT2D eigenvalue weighted by atomic mass is 9.70. The maximum atomic E-state index is 14.5. The van der Waals surface area contributed by atoms with Crippen LogP contribution in [-0.4, -0.2) is 69.6 Å². The van der Waals surface area contributed by atoms with Crippen LogP contribution in [0.3, 0.4) is 0 Å². The third-order valence-corrected chi connectivity index (χ3v) is 10.6. The van der Waals surface area contributed by atoms with E-state index in [1.807, 2.05) is 0 Å². The number of para-hydroxylation sites is 2. The summed E-state index contributed by atoms with van der Waals surface area (Å²) in [5, 5.41) is 0. The summed E-state index contributed by atoms with van der Waals surface area (Å²) in [4.78, 5) is 35.3. The van der Waals surface area contributed by atoms with Crippen LogP contribution in [0.15, 0.2) is 48.5 Å². The minimum absolute atomic E-state index is 0.193. The van der Waals surface area contributed by atoms with Crippen molar-refractivity contribution < 1.29 is 18.7 Å². The Morgan fingerprint density at radius 3 is 2.40 bits per heavy atom. The third-order valence-electron chi connectivity index (χ3n) is 10.6. The first-order chi connectivity index (χ1) is 20.6. The van der Waals surface area contributed by atoms with E-state index in [-0.39, 0.29) is 23.7 Å². The number of benzene rings is 2. The van der Waals surface area contributed by atoms with Crippen LogP contribution in [0.4, 0.5) is 4.39 Å². The number of nitrogens with zero attached hydrogens (tertiary/aromatic N) is 4. The van der Waals surface area contributed by atoms with E-state index in [1.54, 1.807) is 37.8 Å². The average molecular weight is 589 g/mol. The molecule has 1 amide bonds. The molecule has 0 radical (unpaired) electrons. The number of imidazole rings is 1. The zero-order valence-corrected chi connectivity index (χ0v) is 26.0. The quantitative estimate of drug-likeness (QED) is 0.232. The van der Waals surface area contributed by atoms with Gasteiger partial charge in [-0.3, -0.25) is 14.5 Å². The van der Waals surface area contributed by atoms with E-state index in [2.05, 4.69) is 46.7 Å². The fourth-order valence-corrected chi connectivity index (χ4v) is 8.22. The highest BCUT2D eigenvalue weighted by Crippen LogP contribution is 2.45. The van der Waals surface area contributed by atoms with Crippen LogP contribution in [0.2, 0.25) is 0 Å². The van der Waals surface area contributed by atoms with Crippen LogP contribution in [0.1, 0.15) is 83.1 Å². The summed E-state index contributed by atoms with van der Waals surface area (Å²) < 4.78 is 22.2. The molecular formula is C35H45FN4O3. The Bertz CT molecular complexity index is 1480. The minimum Gasteiger partial charge on any atom is -0.465 e. The molecule has 7 nitrogen and oxygen atoms in total. The predicted molar refractivity (Wildman–Crippen MR) is 165 cm³/mol. The average Bonchev–Trinajstić information content (AvgIpc) is 3.46. The number of carbonyl (C=O) groups is 2. The van der Waals surface area contributed by atoms with Gasteiger partial charge in [0.1, 0.15) is 17.1 Å². The van der Waals surface area contributed by atoms with Crippen molar-refractivity contribution >= 4 is 22.9 Å². The summed E-state index contributed by atoms with van der Waals surface area (Å²) in [6.45, 7) is 9.47. The smallest absolute Gasteiger partial charge is 0.321 e. The standard InChI is InChI=1S/C35H45FN4O3/c1-5-43-33(42)34(3,4)32(41)38-18-15-35(16-19-38,25-9-8-10-26(36)21-25)17-20-39-27-13-14-28(39)23-29(22-27)40-24(2)37-30-11-6-7-12-31(30)40/h6-12,21,27-29H,5,13-20,22-23H2,1-4H3. The molecule has 1 aromatic heterocycles. The molecule has 2 unspecified atom stereocenters. The fourth-order valence-electron chi connectivity index (χ4n) is 8.22. The van der Waals surface area contributed by atoms with Crippen LogP contribution in [-0.2, 0) is 19.7 Å². The van der Waals surface area contributed by atoms with Crippen molar-refractivity contribution in [2.75, 3.05) is 26.2 Å². The van der Waals surface area contributed by atoms with E-state index in [0.29, 0.717) is 31.2 Å². The molecular weight excluding hydrogens is 543 g/mol. The predicted octanol–water partition coefficient (Wildman–Crippen LogP) is 6.19. The van der Waals surface area contributed by atoms with Crippen LogP contribution in [0.25, 0.3) is 11.0 Å². The van der Waals surface area contributed by atoms with Crippen molar-refractivity contribution in [1.29, 1.82) is 0 Å². The number of halogens is 1. The number of ether oxygens (including phenoxy) is 1. The first kappa shape index (κ1) is 29.8. The molecule has 2 bridgehead atoms. The van der Waals surface area contributed by atoms with E-state index in [9.17, 15) is 14.0 Å². The first-order valence-electron chi connectivity index (χ1n) is 16.0. The van der Waals surface area contributed by atoms with Gasteiger partial charge in [-0.1, -0.05) is 24.3 Å². The molecule has 3 fully saturated rings. The van der Waals surface area contributed by atoms with Gasteiger partial charge in [-0.2, -0.15) is 0 Å². The lowest BCUT2D eigenvalue weighted by molar-refractivity contribution is -0.163. The molecule has 2 atom stereocenters. The lowest BCUT2D eigenvalue weighted by Crippen LogP contribution is -2.52. The second-order valence-corrected chi connectivity index (χ2v) is 13.4. The van der Waals surface area contributed by atoms with Gasteiger partial charge in [0.05, 0.1) is 17.6 Å². The lowest BCUT2D eigenvalue weighted by Gasteiger charge is -2.46.